The van der Waals surface area contributed by atoms with Gasteiger partial charge in [0.1, 0.15) is 5.54 Å². The highest BCUT2D eigenvalue weighted by Crippen LogP contribution is 2.35. The summed E-state index contributed by atoms with van der Waals surface area (Å²) < 4.78 is 0. The predicted molar refractivity (Wildman–Crippen MR) is 66.6 cm³/mol. The quantitative estimate of drug-likeness (QED) is 0.790. The maximum absolute atomic E-state index is 11.4. The minimum absolute atomic E-state index is 0.509. The number of nitrogens with zero attached hydrogens (tertiary/aromatic N) is 1. The largest absolute Gasteiger partial charge is 0.480 e. The molecule has 0 radical (unpaired) electrons. The van der Waals surface area contributed by atoms with Gasteiger partial charge in [0.05, 0.1) is 0 Å². The van der Waals surface area contributed by atoms with Crippen molar-refractivity contribution in [1.82, 2.24) is 4.90 Å². The monoisotopic (exact) mass is 231 g/mol. The topological polar surface area (TPSA) is 40.5 Å². The van der Waals surface area contributed by atoms with Crippen molar-refractivity contribution in [2.24, 2.45) is 0 Å². The molecule has 1 heterocycles. The van der Waals surface area contributed by atoms with E-state index in [4.69, 9.17) is 0 Å². The molecule has 2 rings (SSSR count). The van der Waals surface area contributed by atoms with Crippen molar-refractivity contribution in [1.29, 1.82) is 0 Å². The van der Waals surface area contributed by atoms with Gasteiger partial charge in [0.15, 0.2) is 0 Å². The molecule has 1 atom stereocenters. The van der Waals surface area contributed by atoms with Crippen molar-refractivity contribution in [2.75, 3.05) is 6.54 Å². The Labute approximate surface area is 101 Å². The minimum atomic E-state index is -0.736. The van der Waals surface area contributed by atoms with Gasteiger partial charge in [-0.25, -0.2) is 0 Å². The fourth-order valence-electron chi connectivity index (χ4n) is 2.37. The molecule has 90 valence electrons. The van der Waals surface area contributed by atoms with Crippen LogP contribution in [0.3, 0.4) is 0 Å². The van der Waals surface area contributed by atoms with Gasteiger partial charge >= 0.3 is 5.97 Å². The van der Waals surface area contributed by atoms with Gasteiger partial charge in [-0.2, -0.15) is 0 Å². The number of hydrogen-bond acceptors (Lipinski definition) is 2. The van der Waals surface area contributed by atoms with Crippen molar-refractivity contribution in [3.63, 3.8) is 0 Å². The lowest BCUT2D eigenvalue weighted by atomic mass is 9.81. The molecule has 0 bridgehead atoms. The molecule has 1 unspecified atom stereocenters. The molecule has 0 spiro atoms. The number of carbonyl (C=O) groups is 1. The first kappa shape index (κ1) is 11.9. The number of carboxylic acid groups (broad SMARTS) is 1. The standard InChI is InChI=1S/C14H17NO2/c1-2-8-14(13(16)17)9-10-15(14)11-12-6-4-3-5-7-12/h2-7H,1,8-11H2,(H,16,17). The first-order chi connectivity index (χ1) is 8.19. The highest BCUT2D eigenvalue weighted by molar-refractivity contribution is 5.80. The highest BCUT2D eigenvalue weighted by Gasteiger charge is 2.49. The van der Waals surface area contributed by atoms with Crippen molar-refractivity contribution in [3.05, 3.63) is 48.6 Å². The lowest BCUT2D eigenvalue weighted by Gasteiger charge is -2.49. The van der Waals surface area contributed by atoms with Crippen molar-refractivity contribution in [2.45, 2.75) is 24.9 Å². The first-order valence-corrected chi connectivity index (χ1v) is 5.82. The van der Waals surface area contributed by atoms with Gasteiger partial charge in [-0.3, -0.25) is 9.69 Å². The molecule has 1 N–H and O–H groups in total. The van der Waals surface area contributed by atoms with Crippen LogP contribution >= 0.6 is 0 Å². The van der Waals surface area contributed by atoms with Crippen LogP contribution in [0.25, 0.3) is 0 Å². The van der Waals surface area contributed by atoms with E-state index in [1.54, 1.807) is 6.08 Å². The van der Waals surface area contributed by atoms with Crippen LogP contribution in [0.4, 0.5) is 0 Å². The molecule has 1 aliphatic rings. The Morgan fingerprint density at radius 1 is 1.47 bits per heavy atom. The van der Waals surface area contributed by atoms with E-state index in [1.807, 2.05) is 35.2 Å². The Morgan fingerprint density at radius 2 is 2.18 bits per heavy atom. The Balaban J connectivity index is 2.11. The molecule has 0 aromatic heterocycles. The Hall–Kier alpha value is -1.61. The van der Waals surface area contributed by atoms with E-state index < -0.39 is 11.5 Å². The molecular weight excluding hydrogens is 214 g/mol. The van der Waals surface area contributed by atoms with Gasteiger partial charge < -0.3 is 5.11 Å². The van der Waals surface area contributed by atoms with Gasteiger partial charge in [0.2, 0.25) is 0 Å². The van der Waals surface area contributed by atoms with E-state index in [0.29, 0.717) is 19.4 Å². The summed E-state index contributed by atoms with van der Waals surface area (Å²) in [7, 11) is 0. The lowest BCUT2D eigenvalue weighted by Crippen LogP contribution is -2.63. The van der Waals surface area contributed by atoms with E-state index in [-0.39, 0.29) is 0 Å². The summed E-state index contributed by atoms with van der Waals surface area (Å²) in [4.78, 5) is 13.4. The molecule has 1 fully saturated rings. The normalized spacial score (nSPS) is 24.0. The number of rotatable bonds is 5. The predicted octanol–water partition coefficient (Wildman–Crippen LogP) is 2.29. The summed E-state index contributed by atoms with van der Waals surface area (Å²) in [6.45, 7) is 5.20. The molecule has 0 saturated carbocycles. The molecule has 1 saturated heterocycles. The second-order valence-electron chi connectivity index (χ2n) is 4.49. The zero-order valence-corrected chi connectivity index (χ0v) is 9.80. The van der Waals surface area contributed by atoms with E-state index in [0.717, 1.165) is 12.1 Å². The molecule has 3 heteroatoms. The second kappa shape index (κ2) is 4.72. The molecular formula is C14H17NO2. The second-order valence-corrected chi connectivity index (χ2v) is 4.49. The minimum Gasteiger partial charge on any atom is -0.480 e. The van der Waals surface area contributed by atoms with Crippen LogP contribution in [-0.2, 0) is 11.3 Å². The van der Waals surface area contributed by atoms with Gasteiger partial charge in [-0.1, -0.05) is 36.4 Å². The van der Waals surface area contributed by atoms with Gasteiger partial charge in [-0.05, 0) is 18.4 Å². The molecule has 1 aromatic rings. The molecule has 17 heavy (non-hydrogen) atoms. The maximum Gasteiger partial charge on any atom is 0.324 e. The van der Waals surface area contributed by atoms with Crippen LogP contribution in [0.1, 0.15) is 18.4 Å². The van der Waals surface area contributed by atoms with E-state index in [9.17, 15) is 9.90 Å². The first-order valence-electron chi connectivity index (χ1n) is 5.82. The summed E-state index contributed by atoms with van der Waals surface area (Å²) in [5, 5.41) is 9.37. The van der Waals surface area contributed by atoms with Crippen LogP contribution in [0.2, 0.25) is 0 Å². The van der Waals surface area contributed by atoms with Crippen LogP contribution < -0.4 is 0 Å². The van der Waals surface area contributed by atoms with Crippen LogP contribution in [0.5, 0.6) is 0 Å². The molecule has 1 aromatic carbocycles. The average molecular weight is 231 g/mol. The number of hydrogen-bond donors (Lipinski definition) is 1. The van der Waals surface area contributed by atoms with Gasteiger partial charge in [0, 0.05) is 13.1 Å². The van der Waals surface area contributed by atoms with E-state index >= 15 is 0 Å². The summed E-state index contributed by atoms with van der Waals surface area (Å²) in [6.07, 6.45) is 2.92. The van der Waals surface area contributed by atoms with E-state index in [1.165, 1.54) is 0 Å². The third kappa shape index (κ3) is 2.11. The summed E-state index contributed by atoms with van der Waals surface area (Å²) in [6, 6.07) is 9.97. The number of benzene rings is 1. The van der Waals surface area contributed by atoms with Crippen LogP contribution in [0, 0.1) is 0 Å². The SMILES string of the molecule is C=CCC1(C(=O)O)CCN1Cc1ccccc1. The van der Waals surface area contributed by atoms with E-state index in [2.05, 4.69) is 6.58 Å². The summed E-state index contributed by atoms with van der Waals surface area (Å²) in [5.74, 6) is -0.736. The number of likely N-dealkylation sites (tertiary alicyclic amines) is 1. The Bertz CT molecular complexity index is 415. The molecule has 0 amide bonds. The third-order valence-electron chi connectivity index (χ3n) is 3.50. The zero-order valence-electron chi connectivity index (χ0n) is 9.80. The van der Waals surface area contributed by atoms with Crippen molar-refractivity contribution >= 4 is 5.97 Å². The van der Waals surface area contributed by atoms with Crippen LogP contribution in [-0.4, -0.2) is 28.1 Å². The highest BCUT2D eigenvalue weighted by atomic mass is 16.4. The number of aliphatic carboxylic acids is 1. The maximum atomic E-state index is 11.4. The van der Waals surface area contributed by atoms with Gasteiger partial charge in [0.25, 0.3) is 0 Å². The third-order valence-corrected chi connectivity index (χ3v) is 3.50. The fourth-order valence-corrected chi connectivity index (χ4v) is 2.37. The summed E-state index contributed by atoms with van der Waals surface area (Å²) >= 11 is 0. The molecule has 0 aliphatic carbocycles. The van der Waals surface area contributed by atoms with Crippen molar-refractivity contribution in [3.8, 4) is 0 Å². The lowest BCUT2D eigenvalue weighted by molar-refractivity contribution is -0.162. The fraction of sp³-hybridized carbons (Fsp3) is 0.357. The van der Waals surface area contributed by atoms with Gasteiger partial charge in [-0.15, -0.1) is 6.58 Å². The van der Waals surface area contributed by atoms with Crippen LogP contribution in [0.15, 0.2) is 43.0 Å². The van der Waals surface area contributed by atoms with Crippen molar-refractivity contribution < 1.29 is 9.90 Å². The zero-order chi connectivity index (χ0) is 12.3. The number of carboxylic acids is 1. The Kier molecular flexibility index (Phi) is 3.29. The summed E-state index contributed by atoms with van der Waals surface area (Å²) in [5.41, 5.74) is 0.430. The molecule has 1 aliphatic heterocycles. The smallest absolute Gasteiger partial charge is 0.324 e. The molecule has 3 nitrogen and oxygen atoms in total. The average Bonchev–Trinajstić information content (AvgIpc) is 2.32. The Morgan fingerprint density at radius 3 is 2.65 bits per heavy atom.